The molecular formula is C22H28Cl2FN3O4S. The molecule has 2 aliphatic heterocycles. The van der Waals surface area contributed by atoms with Crippen LogP contribution in [0.4, 0.5) is 4.39 Å². The van der Waals surface area contributed by atoms with Crippen molar-refractivity contribution in [3.63, 3.8) is 0 Å². The second kappa shape index (κ2) is 11.0. The summed E-state index contributed by atoms with van der Waals surface area (Å²) >= 11 is 0. The molecule has 1 amide bonds. The van der Waals surface area contributed by atoms with Crippen LogP contribution in [0.5, 0.6) is 11.5 Å². The standard InChI is InChI=1S/C22H26FN3O4S.2ClH/c1-25-10-11-26(21-14-31(28,29)13-20(21)25)22(27)18-12-17(6-7-19(18)23)30-16-4-2-15(3-5-16)8-9-24;;/h2-7,12,20-21H,8-11,13-14,24H2,1H3;2*1H/t20-,21+;;/m1../s1. The summed E-state index contributed by atoms with van der Waals surface area (Å²) in [6, 6.07) is 10.7. The third-order valence-electron chi connectivity index (χ3n) is 5.97. The van der Waals surface area contributed by atoms with Crippen LogP contribution in [-0.4, -0.2) is 74.4 Å². The van der Waals surface area contributed by atoms with Crippen molar-refractivity contribution >= 4 is 40.6 Å². The molecule has 2 saturated heterocycles. The molecule has 11 heteroatoms. The van der Waals surface area contributed by atoms with E-state index >= 15 is 0 Å². The van der Waals surface area contributed by atoms with Crippen molar-refractivity contribution in [1.82, 2.24) is 9.80 Å². The van der Waals surface area contributed by atoms with Gasteiger partial charge < -0.3 is 15.4 Å². The molecule has 2 heterocycles. The van der Waals surface area contributed by atoms with Gasteiger partial charge in [0.25, 0.3) is 5.91 Å². The van der Waals surface area contributed by atoms with Gasteiger partial charge in [-0.1, -0.05) is 12.1 Å². The zero-order valence-corrected chi connectivity index (χ0v) is 20.6. The van der Waals surface area contributed by atoms with Gasteiger partial charge in [0.05, 0.1) is 23.1 Å². The number of likely N-dealkylation sites (N-methyl/N-ethyl adjacent to an activating group) is 1. The number of sulfone groups is 1. The van der Waals surface area contributed by atoms with Crippen LogP contribution in [0.25, 0.3) is 0 Å². The molecule has 182 valence electrons. The maximum absolute atomic E-state index is 14.6. The molecule has 4 rings (SSSR count). The van der Waals surface area contributed by atoms with E-state index in [1.807, 2.05) is 24.1 Å². The number of fused-ring (bicyclic) bond motifs is 1. The van der Waals surface area contributed by atoms with Gasteiger partial charge in [-0.3, -0.25) is 9.69 Å². The summed E-state index contributed by atoms with van der Waals surface area (Å²) in [6.07, 6.45) is 0.762. The van der Waals surface area contributed by atoms with Gasteiger partial charge in [-0.15, -0.1) is 24.8 Å². The van der Waals surface area contributed by atoms with Crippen LogP contribution in [0.1, 0.15) is 15.9 Å². The van der Waals surface area contributed by atoms with Crippen LogP contribution in [0.3, 0.4) is 0 Å². The number of hydrogen-bond donors (Lipinski definition) is 1. The van der Waals surface area contributed by atoms with Crippen LogP contribution < -0.4 is 10.5 Å². The van der Waals surface area contributed by atoms with Crippen molar-refractivity contribution in [3.8, 4) is 11.5 Å². The predicted molar refractivity (Wildman–Crippen MR) is 130 cm³/mol. The fourth-order valence-corrected chi connectivity index (χ4v) is 6.35. The van der Waals surface area contributed by atoms with E-state index < -0.39 is 27.6 Å². The SMILES string of the molecule is CN1CCN(C(=O)c2cc(Oc3ccc(CCN)cc3)ccc2F)[C@H]2CS(=O)(=O)C[C@H]21.Cl.Cl. The molecule has 2 fully saturated rings. The number of amides is 1. The number of rotatable bonds is 5. The summed E-state index contributed by atoms with van der Waals surface area (Å²) in [7, 11) is -1.38. The van der Waals surface area contributed by atoms with Crippen LogP contribution in [0.15, 0.2) is 42.5 Å². The minimum absolute atomic E-state index is 0. The molecular weight excluding hydrogens is 492 g/mol. The largest absolute Gasteiger partial charge is 0.457 e. The lowest BCUT2D eigenvalue weighted by atomic mass is 10.0. The van der Waals surface area contributed by atoms with Crippen molar-refractivity contribution in [2.75, 3.05) is 38.2 Å². The number of nitrogens with zero attached hydrogens (tertiary/aromatic N) is 2. The van der Waals surface area contributed by atoms with Crippen molar-refractivity contribution in [3.05, 3.63) is 59.4 Å². The molecule has 7 nitrogen and oxygen atoms in total. The Labute approximate surface area is 205 Å². The molecule has 0 spiro atoms. The number of benzene rings is 2. The van der Waals surface area contributed by atoms with E-state index in [4.69, 9.17) is 10.5 Å². The monoisotopic (exact) mass is 519 g/mol. The normalized spacial score (nSPS) is 21.5. The Morgan fingerprint density at radius 1 is 1.06 bits per heavy atom. The lowest BCUT2D eigenvalue weighted by molar-refractivity contribution is 0.0405. The molecule has 2 aromatic carbocycles. The van der Waals surface area contributed by atoms with Gasteiger partial charge in [0.1, 0.15) is 17.3 Å². The van der Waals surface area contributed by atoms with E-state index in [-0.39, 0.29) is 47.9 Å². The first-order chi connectivity index (χ1) is 14.8. The Bertz CT molecular complexity index is 1090. The molecule has 0 aromatic heterocycles. The number of carbonyl (C=O) groups excluding carboxylic acids is 1. The van der Waals surface area contributed by atoms with Crippen molar-refractivity contribution in [2.45, 2.75) is 18.5 Å². The highest BCUT2D eigenvalue weighted by Crippen LogP contribution is 2.29. The van der Waals surface area contributed by atoms with E-state index in [1.165, 1.54) is 23.1 Å². The zero-order chi connectivity index (χ0) is 22.2. The molecule has 33 heavy (non-hydrogen) atoms. The summed E-state index contributed by atoms with van der Waals surface area (Å²) in [5.41, 5.74) is 6.52. The number of ether oxygens (including phenoxy) is 1. The van der Waals surface area contributed by atoms with Crippen LogP contribution in [0, 0.1) is 5.82 Å². The third-order valence-corrected chi connectivity index (χ3v) is 7.67. The summed E-state index contributed by atoms with van der Waals surface area (Å²) in [5.74, 6) is -0.355. The predicted octanol–water partition coefficient (Wildman–Crippen LogP) is 2.52. The molecule has 0 radical (unpaired) electrons. The quantitative estimate of drug-likeness (QED) is 0.652. The average Bonchev–Trinajstić information content (AvgIpc) is 3.07. The minimum atomic E-state index is -3.24. The fraction of sp³-hybridized carbons (Fsp3) is 0.409. The molecule has 0 unspecified atom stereocenters. The second-order valence-corrected chi connectivity index (χ2v) is 10.3. The summed E-state index contributed by atoms with van der Waals surface area (Å²) in [5, 5.41) is 0. The van der Waals surface area contributed by atoms with Crippen molar-refractivity contribution < 1.29 is 22.3 Å². The Balaban J connectivity index is 0.00000193. The van der Waals surface area contributed by atoms with E-state index in [0.29, 0.717) is 31.1 Å². The van der Waals surface area contributed by atoms with Crippen molar-refractivity contribution in [2.24, 2.45) is 5.73 Å². The molecule has 2 aromatic rings. The van der Waals surface area contributed by atoms with E-state index in [1.54, 1.807) is 12.1 Å². The number of halogens is 3. The van der Waals surface area contributed by atoms with Gasteiger partial charge >= 0.3 is 0 Å². The highest BCUT2D eigenvalue weighted by atomic mass is 35.5. The highest BCUT2D eigenvalue weighted by molar-refractivity contribution is 7.91. The van der Waals surface area contributed by atoms with Gasteiger partial charge in [0.2, 0.25) is 0 Å². The Hall–Kier alpha value is -1.91. The first-order valence-corrected chi connectivity index (χ1v) is 12.1. The van der Waals surface area contributed by atoms with Gasteiger partial charge in [0, 0.05) is 19.1 Å². The number of carbonyl (C=O) groups is 1. The third kappa shape index (κ3) is 5.96. The molecule has 2 N–H and O–H groups in total. The molecule has 0 bridgehead atoms. The zero-order valence-electron chi connectivity index (χ0n) is 18.1. The Kier molecular flexibility index (Phi) is 9.12. The molecule has 2 aliphatic rings. The molecule has 2 atom stereocenters. The van der Waals surface area contributed by atoms with Crippen LogP contribution >= 0.6 is 24.8 Å². The molecule has 0 aliphatic carbocycles. The van der Waals surface area contributed by atoms with E-state index in [2.05, 4.69) is 0 Å². The first-order valence-electron chi connectivity index (χ1n) is 10.3. The van der Waals surface area contributed by atoms with Gasteiger partial charge in [-0.2, -0.15) is 0 Å². The Morgan fingerprint density at radius 2 is 1.70 bits per heavy atom. The fourth-order valence-electron chi connectivity index (χ4n) is 4.29. The van der Waals surface area contributed by atoms with Gasteiger partial charge in [-0.25, -0.2) is 12.8 Å². The van der Waals surface area contributed by atoms with Crippen LogP contribution in [0.2, 0.25) is 0 Å². The van der Waals surface area contributed by atoms with Gasteiger partial charge in [-0.05, 0) is 55.9 Å². The lowest BCUT2D eigenvalue weighted by Crippen LogP contribution is -2.59. The van der Waals surface area contributed by atoms with E-state index in [9.17, 15) is 17.6 Å². The summed E-state index contributed by atoms with van der Waals surface area (Å²) in [6.45, 7) is 1.44. The average molecular weight is 520 g/mol. The Morgan fingerprint density at radius 3 is 2.36 bits per heavy atom. The maximum atomic E-state index is 14.6. The number of nitrogens with two attached hydrogens (primary N) is 1. The number of piperazine rings is 1. The molecule has 0 saturated carbocycles. The lowest BCUT2D eigenvalue weighted by Gasteiger charge is -2.42. The maximum Gasteiger partial charge on any atom is 0.257 e. The summed E-state index contributed by atoms with van der Waals surface area (Å²) in [4.78, 5) is 16.7. The summed E-state index contributed by atoms with van der Waals surface area (Å²) < 4.78 is 44.7. The van der Waals surface area contributed by atoms with E-state index in [0.717, 1.165) is 12.0 Å². The second-order valence-electron chi connectivity index (χ2n) is 8.12. The van der Waals surface area contributed by atoms with Crippen molar-refractivity contribution in [1.29, 1.82) is 0 Å². The minimum Gasteiger partial charge on any atom is -0.457 e. The smallest absolute Gasteiger partial charge is 0.257 e. The van der Waals surface area contributed by atoms with Gasteiger partial charge in [0.15, 0.2) is 9.84 Å². The topological polar surface area (TPSA) is 92.9 Å². The highest BCUT2D eigenvalue weighted by Gasteiger charge is 2.47. The first kappa shape index (κ1) is 27.3. The van der Waals surface area contributed by atoms with Crippen LogP contribution in [-0.2, 0) is 16.3 Å². The number of hydrogen-bond acceptors (Lipinski definition) is 6.